The number of aliphatic hydroxyl groups excluding tert-OH is 1. The van der Waals surface area contributed by atoms with Gasteiger partial charge in [-0.2, -0.15) is 0 Å². The van der Waals surface area contributed by atoms with Gasteiger partial charge in [0.25, 0.3) is 0 Å². The summed E-state index contributed by atoms with van der Waals surface area (Å²) in [7, 11) is 3.24. The highest BCUT2D eigenvalue weighted by Crippen LogP contribution is 2.22. The summed E-state index contributed by atoms with van der Waals surface area (Å²) in [6, 6.07) is 4.80. The summed E-state index contributed by atoms with van der Waals surface area (Å²) in [6.07, 6.45) is 0. The second-order valence-electron chi connectivity index (χ2n) is 4.43. The van der Waals surface area contributed by atoms with Crippen LogP contribution in [0.1, 0.15) is 12.5 Å². The average molecular weight is 271 g/mol. The molecule has 1 N–H and O–H groups in total. The smallest absolute Gasteiger partial charge is 0.146 e. The molecule has 0 aliphatic rings. The SMILES string of the molecule is COCCN(c1ccc(CO)cc1F)C(C)COC. The summed E-state index contributed by atoms with van der Waals surface area (Å²) in [5, 5.41) is 9.01. The predicted molar refractivity (Wildman–Crippen MR) is 72.9 cm³/mol. The molecule has 0 bridgehead atoms. The first-order valence-electron chi connectivity index (χ1n) is 6.27. The third-order valence-electron chi connectivity index (χ3n) is 2.98. The van der Waals surface area contributed by atoms with Crippen LogP contribution in [-0.2, 0) is 16.1 Å². The third-order valence-corrected chi connectivity index (χ3v) is 2.98. The first kappa shape index (κ1) is 15.9. The molecule has 1 rings (SSSR count). The van der Waals surface area contributed by atoms with E-state index in [1.807, 2.05) is 11.8 Å². The zero-order chi connectivity index (χ0) is 14.3. The quantitative estimate of drug-likeness (QED) is 0.783. The summed E-state index contributed by atoms with van der Waals surface area (Å²) < 4.78 is 24.3. The van der Waals surface area contributed by atoms with Gasteiger partial charge in [0.2, 0.25) is 0 Å². The van der Waals surface area contributed by atoms with E-state index in [0.29, 0.717) is 31.0 Å². The lowest BCUT2D eigenvalue weighted by Gasteiger charge is -2.31. The fourth-order valence-electron chi connectivity index (χ4n) is 1.98. The molecule has 0 aromatic heterocycles. The minimum absolute atomic E-state index is 0.0367. The summed E-state index contributed by atoms with van der Waals surface area (Å²) in [5.41, 5.74) is 1.06. The molecule has 1 unspecified atom stereocenters. The molecule has 108 valence electrons. The summed E-state index contributed by atoms with van der Waals surface area (Å²) in [4.78, 5) is 1.91. The van der Waals surface area contributed by atoms with Crippen molar-refractivity contribution < 1.29 is 19.0 Å². The molecule has 4 nitrogen and oxygen atoms in total. The van der Waals surface area contributed by atoms with Gasteiger partial charge in [-0.05, 0) is 24.6 Å². The molecule has 0 saturated heterocycles. The molecular formula is C14H22FNO3. The standard InChI is InChI=1S/C14H22FNO3/c1-11(10-19-3)16(6-7-18-2)14-5-4-12(9-17)8-13(14)15/h4-5,8,11,17H,6-7,9-10H2,1-3H3. The van der Waals surface area contributed by atoms with Crippen LogP contribution in [0.25, 0.3) is 0 Å². The van der Waals surface area contributed by atoms with Gasteiger partial charge in [-0.3, -0.25) is 0 Å². The lowest BCUT2D eigenvalue weighted by Crippen LogP contribution is -2.39. The summed E-state index contributed by atoms with van der Waals surface area (Å²) in [6.45, 7) is 3.40. The van der Waals surface area contributed by atoms with E-state index in [0.717, 1.165) is 0 Å². The maximum atomic E-state index is 14.1. The van der Waals surface area contributed by atoms with E-state index < -0.39 is 0 Å². The van der Waals surface area contributed by atoms with Crippen molar-refractivity contribution in [1.82, 2.24) is 0 Å². The number of anilines is 1. The first-order valence-corrected chi connectivity index (χ1v) is 6.27. The molecule has 1 aromatic carbocycles. The highest BCUT2D eigenvalue weighted by molar-refractivity contribution is 5.50. The molecular weight excluding hydrogens is 249 g/mol. The zero-order valence-electron chi connectivity index (χ0n) is 11.7. The first-order chi connectivity index (χ1) is 9.13. The van der Waals surface area contributed by atoms with Crippen LogP contribution in [0.3, 0.4) is 0 Å². The minimum atomic E-state index is -0.342. The largest absolute Gasteiger partial charge is 0.392 e. The lowest BCUT2D eigenvalue weighted by molar-refractivity contribution is 0.170. The second-order valence-corrected chi connectivity index (χ2v) is 4.43. The van der Waals surface area contributed by atoms with Crippen molar-refractivity contribution in [2.75, 3.05) is 38.9 Å². The Morgan fingerprint density at radius 3 is 2.58 bits per heavy atom. The Morgan fingerprint density at radius 2 is 2.05 bits per heavy atom. The third kappa shape index (κ3) is 4.45. The molecule has 5 heteroatoms. The number of nitrogens with zero attached hydrogens (tertiary/aromatic N) is 1. The number of benzene rings is 1. The highest BCUT2D eigenvalue weighted by atomic mass is 19.1. The van der Waals surface area contributed by atoms with E-state index in [2.05, 4.69) is 0 Å². The summed E-state index contributed by atoms with van der Waals surface area (Å²) >= 11 is 0. The molecule has 19 heavy (non-hydrogen) atoms. The van der Waals surface area contributed by atoms with Crippen molar-refractivity contribution in [1.29, 1.82) is 0 Å². The Kier molecular flexibility index (Phi) is 6.77. The maximum absolute atomic E-state index is 14.1. The van der Waals surface area contributed by atoms with Crippen molar-refractivity contribution in [3.8, 4) is 0 Å². The second kappa shape index (κ2) is 8.09. The lowest BCUT2D eigenvalue weighted by atomic mass is 10.1. The Balaban J connectivity index is 2.95. The van der Waals surface area contributed by atoms with Gasteiger partial charge in [-0.1, -0.05) is 6.07 Å². The van der Waals surface area contributed by atoms with Crippen LogP contribution < -0.4 is 4.90 Å². The number of methoxy groups -OCH3 is 2. The van der Waals surface area contributed by atoms with Gasteiger partial charge in [-0.15, -0.1) is 0 Å². The molecule has 0 saturated carbocycles. The van der Waals surface area contributed by atoms with Crippen LogP contribution in [0.5, 0.6) is 0 Å². The topological polar surface area (TPSA) is 41.9 Å². The Hall–Kier alpha value is -1.17. The van der Waals surface area contributed by atoms with E-state index in [4.69, 9.17) is 14.6 Å². The molecule has 1 atom stereocenters. The van der Waals surface area contributed by atoms with Crippen LogP contribution in [0.2, 0.25) is 0 Å². The minimum Gasteiger partial charge on any atom is -0.392 e. The van der Waals surface area contributed by atoms with Gasteiger partial charge in [0, 0.05) is 26.8 Å². The van der Waals surface area contributed by atoms with Gasteiger partial charge in [0.15, 0.2) is 0 Å². The van der Waals surface area contributed by atoms with Crippen molar-refractivity contribution in [2.45, 2.75) is 19.6 Å². The molecule has 0 spiro atoms. The average Bonchev–Trinajstić information content (AvgIpc) is 2.40. The molecule has 0 heterocycles. The maximum Gasteiger partial charge on any atom is 0.146 e. The Labute approximate surface area is 113 Å². The van der Waals surface area contributed by atoms with Crippen LogP contribution in [-0.4, -0.2) is 45.1 Å². The highest BCUT2D eigenvalue weighted by Gasteiger charge is 2.18. The van der Waals surface area contributed by atoms with E-state index in [9.17, 15) is 4.39 Å². The molecule has 0 aliphatic heterocycles. The Bertz CT molecular complexity index is 387. The number of aliphatic hydroxyl groups is 1. The van der Waals surface area contributed by atoms with Crippen molar-refractivity contribution >= 4 is 5.69 Å². The Morgan fingerprint density at radius 1 is 1.32 bits per heavy atom. The zero-order valence-corrected chi connectivity index (χ0v) is 11.7. The normalized spacial score (nSPS) is 12.5. The van der Waals surface area contributed by atoms with Crippen molar-refractivity contribution in [3.05, 3.63) is 29.6 Å². The van der Waals surface area contributed by atoms with Crippen LogP contribution in [0.4, 0.5) is 10.1 Å². The van der Waals surface area contributed by atoms with Gasteiger partial charge >= 0.3 is 0 Å². The van der Waals surface area contributed by atoms with Crippen molar-refractivity contribution in [3.63, 3.8) is 0 Å². The number of rotatable bonds is 8. The number of halogens is 1. The number of hydrogen-bond donors (Lipinski definition) is 1. The van der Waals surface area contributed by atoms with Gasteiger partial charge in [-0.25, -0.2) is 4.39 Å². The van der Waals surface area contributed by atoms with Crippen LogP contribution in [0.15, 0.2) is 18.2 Å². The number of ether oxygens (including phenoxy) is 2. The van der Waals surface area contributed by atoms with Crippen LogP contribution in [0, 0.1) is 5.82 Å². The van der Waals surface area contributed by atoms with E-state index in [1.54, 1.807) is 26.4 Å². The fourth-order valence-corrected chi connectivity index (χ4v) is 1.98. The van der Waals surface area contributed by atoms with Crippen LogP contribution >= 0.6 is 0 Å². The molecule has 1 aromatic rings. The molecule has 0 aliphatic carbocycles. The summed E-state index contributed by atoms with van der Waals surface area (Å²) in [5.74, 6) is -0.342. The molecule has 0 fully saturated rings. The predicted octanol–water partition coefficient (Wildman–Crippen LogP) is 1.81. The van der Waals surface area contributed by atoms with E-state index in [-0.39, 0.29) is 18.5 Å². The van der Waals surface area contributed by atoms with Gasteiger partial charge < -0.3 is 19.5 Å². The molecule has 0 amide bonds. The van der Waals surface area contributed by atoms with Gasteiger partial charge in [0.05, 0.1) is 25.5 Å². The van der Waals surface area contributed by atoms with Gasteiger partial charge in [0.1, 0.15) is 5.82 Å². The fraction of sp³-hybridized carbons (Fsp3) is 0.571. The van der Waals surface area contributed by atoms with Crippen molar-refractivity contribution in [2.24, 2.45) is 0 Å². The number of hydrogen-bond acceptors (Lipinski definition) is 4. The van der Waals surface area contributed by atoms with E-state index >= 15 is 0 Å². The van der Waals surface area contributed by atoms with E-state index in [1.165, 1.54) is 6.07 Å². The monoisotopic (exact) mass is 271 g/mol. The molecule has 0 radical (unpaired) electrons.